The van der Waals surface area contributed by atoms with Crippen LogP contribution in [0, 0.1) is 6.92 Å². The van der Waals surface area contributed by atoms with Crippen LogP contribution in [0.2, 0.25) is 0 Å². The molecule has 4 rings (SSSR count). The van der Waals surface area contributed by atoms with Crippen LogP contribution in [-0.4, -0.2) is 54.2 Å². The first kappa shape index (κ1) is 15.4. The van der Waals surface area contributed by atoms with Gasteiger partial charge in [-0.2, -0.15) is 9.67 Å². The van der Waals surface area contributed by atoms with Crippen LogP contribution in [0.5, 0.6) is 0 Å². The van der Waals surface area contributed by atoms with E-state index in [1.165, 1.54) is 11.0 Å². The highest BCUT2D eigenvalue weighted by molar-refractivity contribution is 5.97. The van der Waals surface area contributed by atoms with Crippen LogP contribution in [0.1, 0.15) is 40.8 Å². The smallest absolute Gasteiger partial charge is 0.256 e. The van der Waals surface area contributed by atoms with E-state index in [-0.39, 0.29) is 11.8 Å². The number of tetrazole rings is 1. The minimum absolute atomic E-state index is 0.0220. The highest BCUT2D eigenvalue weighted by Crippen LogP contribution is 2.28. The largest absolute Gasteiger partial charge is 0.339 e. The molecule has 128 valence electrons. The molecule has 9 heteroatoms. The lowest BCUT2D eigenvalue weighted by molar-refractivity contribution is 0.0704. The van der Waals surface area contributed by atoms with Gasteiger partial charge in [-0.3, -0.25) is 4.79 Å². The second kappa shape index (κ2) is 6.42. The van der Waals surface area contributed by atoms with Gasteiger partial charge in [-0.25, -0.2) is 0 Å². The van der Waals surface area contributed by atoms with Gasteiger partial charge in [0.2, 0.25) is 5.89 Å². The van der Waals surface area contributed by atoms with E-state index in [2.05, 4.69) is 25.7 Å². The zero-order valence-corrected chi connectivity index (χ0v) is 13.7. The number of benzene rings is 1. The molecule has 0 N–H and O–H groups in total. The van der Waals surface area contributed by atoms with Crippen LogP contribution in [-0.2, 0) is 0 Å². The Bertz CT molecular complexity index is 866. The zero-order chi connectivity index (χ0) is 17.2. The Morgan fingerprint density at radius 1 is 1.24 bits per heavy atom. The van der Waals surface area contributed by atoms with Crippen molar-refractivity contribution in [3.05, 3.63) is 47.9 Å². The van der Waals surface area contributed by atoms with Crippen molar-refractivity contribution in [1.29, 1.82) is 0 Å². The summed E-state index contributed by atoms with van der Waals surface area (Å²) in [7, 11) is 0. The molecule has 1 aliphatic rings. The van der Waals surface area contributed by atoms with E-state index in [1.54, 1.807) is 6.07 Å². The van der Waals surface area contributed by atoms with Gasteiger partial charge < -0.3 is 9.42 Å². The third-order valence-corrected chi connectivity index (χ3v) is 4.40. The molecule has 0 atom stereocenters. The predicted octanol–water partition coefficient (Wildman–Crippen LogP) is 1.37. The number of nitrogens with zero attached hydrogens (tertiary/aromatic N) is 7. The van der Waals surface area contributed by atoms with Crippen molar-refractivity contribution in [3.63, 3.8) is 0 Å². The topological polar surface area (TPSA) is 103 Å². The third kappa shape index (κ3) is 3.00. The number of hydrogen-bond donors (Lipinski definition) is 0. The first-order valence-corrected chi connectivity index (χ1v) is 8.14. The minimum Gasteiger partial charge on any atom is -0.339 e. The van der Waals surface area contributed by atoms with Gasteiger partial charge >= 0.3 is 0 Å². The molecule has 2 aromatic heterocycles. The fourth-order valence-electron chi connectivity index (χ4n) is 3.10. The SMILES string of the molecule is Cc1noc(C2CCN(C(=O)c3ccccc3-n3cnnn3)CC2)n1. The lowest BCUT2D eigenvalue weighted by Crippen LogP contribution is -2.38. The van der Waals surface area contributed by atoms with Crippen molar-refractivity contribution in [1.82, 2.24) is 35.2 Å². The Hall–Kier alpha value is -3.10. The Morgan fingerprint density at radius 3 is 2.72 bits per heavy atom. The number of rotatable bonds is 3. The fraction of sp³-hybridized carbons (Fsp3) is 0.375. The van der Waals surface area contributed by atoms with E-state index in [0.29, 0.717) is 36.1 Å². The van der Waals surface area contributed by atoms with Crippen molar-refractivity contribution in [3.8, 4) is 5.69 Å². The number of carbonyl (C=O) groups is 1. The van der Waals surface area contributed by atoms with Crippen molar-refractivity contribution >= 4 is 5.91 Å². The molecule has 1 aliphatic heterocycles. The summed E-state index contributed by atoms with van der Waals surface area (Å²) >= 11 is 0. The van der Waals surface area contributed by atoms with Crippen molar-refractivity contribution in [2.45, 2.75) is 25.7 Å². The average Bonchev–Trinajstić information content (AvgIpc) is 3.33. The molecular formula is C16H17N7O2. The Labute approximate surface area is 143 Å². The lowest BCUT2D eigenvalue weighted by atomic mass is 9.96. The van der Waals surface area contributed by atoms with E-state index in [4.69, 9.17) is 4.52 Å². The summed E-state index contributed by atoms with van der Waals surface area (Å²) in [5, 5.41) is 15.0. The standard InChI is InChI=1S/C16H17N7O2/c1-11-18-15(25-19-11)12-6-8-22(9-7-12)16(24)13-4-2-3-5-14(13)23-10-17-20-21-23/h2-5,10,12H,6-9H2,1H3. The summed E-state index contributed by atoms with van der Waals surface area (Å²) in [5.41, 5.74) is 1.26. The molecule has 1 saturated heterocycles. The minimum atomic E-state index is -0.0220. The summed E-state index contributed by atoms with van der Waals surface area (Å²) in [6.07, 6.45) is 3.09. The number of hydrogen-bond acceptors (Lipinski definition) is 7. The molecule has 25 heavy (non-hydrogen) atoms. The summed E-state index contributed by atoms with van der Waals surface area (Å²) < 4.78 is 6.76. The van der Waals surface area contributed by atoms with Crippen LogP contribution in [0.15, 0.2) is 35.1 Å². The van der Waals surface area contributed by atoms with Crippen LogP contribution in [0.4, 0.5) is 0 Å². The van der Waals surface area contributed by atoms with Gasteiger partial charge in [-0.05, 0) is 42.3 Å². The van der Waals surface area contributed by atoms with Gasteiger partial charge in [0.05, 0.1) is 11.3 Å². The molecular weight excluding hydrogens is 322 g/mol. The molecule has 0 spiro atoms. The molecule has 3 heterocycles. The average molecular weight is 339 g/mol. The number of likely N-dealkylation sites (tertiary alicyclic amines) is 1. The maximum absolute atomic E-state index is 13.0. The van der Waals surface area contributed by atoms with Crippen molar-refractivity contribution < 1.29 is 9.32 Å². The van der Waals surface area contributed by atoms with E-state index in [9.17, 15) is 4.79 Å². The van der Waals surface area contributed by atoms with Gasteiger partial charge in [0.25, 0.3) is 5.91 Å². The molecule has 0 bridgehead atoms. The molecule has 1 fully saturated rings. The van der Waals surface area contributed by atoms with Crippen LogP contribution < -0.4 is 0 Å². The maximum Gasteiger partial charge on any atom is 0.256 e. The highest BCUT2D eigenvalue weighted by atomic mass is 16.5. The summed E-state index contributed by atoms with van der Waals surface area (Å²) in [4.78, 5) is 19.1. The van der Waals surface area contributed by atoms with E-state index < -0.39 is 0 Å². The molecule has 1 aromatic carbocycles. The van der Waals surface area contributed by atoms with Crippen LogP contribution >= 0.6 is 0 Å². The van der Waals surface area contributed by atoms with Gasteiger partial charge in [-0.15, -0.1) is 5.10 Å². The van der Waals surface area contributed by atoms with Crippen LogP contribution in [0.25, 0.3) is 5.69 Å². The third-order valence-electron chi connectivity index (χ3n) is 4.40. The maximum atomic E-state index is 13.0. The first-order chi connectivity index (χ1) is 12.2. The van der Waals surface area contributed by atoms with Crippen molar-refractivity contribution in [2.75, 3.05) is 13.1 Å². The van der Waals surface area contributed by atoms with E-state index in [0.717, 1.165) is 12.8 Å². The zero-order valence-electron chi connectivity index (χ0n) is 13.7. The van der Waals surface area contributed by atoms with Crippen LogP contribution in [0.3, 0.4) is 0 Å². The van der Waals surface area contributed by atoms with Crippen molar-refractivity contribution in [2.24, 2.45) is 0 Å². The van der Waals surface area contributed by atoms with Gasteiger partial charge in [0, 0.05) is 19.0 Å². The molecule has 0 saturated carbocycles. The second-order valence-corrected chi connectivity index (χ2v) is 6.02. The Balaban J connectivity index is 1.50. The van der Waals surface area contributed by atoms with Gasteiger partial charge in [0.1, 0.15) is 6.33 Å². The summed E-state index contributed by atoms with van der Waals surface area (Å²) in [5.74, 6) is 1.49. The predicted molar refractivity (Wildman–Crippen MR) is 86.1 cm³/mol. The first-order valence-electron chi connectivity index (χ1n) is 8.14. The molecule has 9 nitrogen and oxygen atoms in total. The molecule has 0 radical (unpaired) electrons. The number of aryl methyl sites for hydroxylation is 1. The molecule has 3 aromatic rings. The van der Waals surface area contributed by atoms with Gasteiger partial charge in [-0.1, -0.05) is 17.3 Å². The summed E-state index contributed by atoms with van der Waals surface area (Å²) in [6, 6.07) is 7.33. The number of amides is 1. The van der Waals surface area contributed by atoms with E-state index >= 15 is 0 Å². The number of aromatic nitrogens is 6. The highest BCUT2D eigenvalue weighted by Gasteiger charge is 2.28. The lowest BCUT2D eigenvalue weighted by Gasteiger charge is -2.30. The fourth-order valence-corrected chi connectivity index (χ4v) is 3.10. The monoisotopic (exact) mass is 339 g/mol. The number of piperidine rings is 1. The number of para-hydroxylation sites is 1. The number of carbonyl (C=O) groups excluding carboxylic acids is 1. The Morgan fingerprint density at radius 2 is 2.04 bits per heavy atom. The quantitative estimate of drug-likeness (QED) is 0.710. The molecule has 0 aliphatic carbocycles. The second-order valence-electron chi connectivity index (χ2n) is 6.02. The Kier molecular flexibility index (Phi) is 3.96. The normalized spacial score (nSPS) is 15.5. The van der Waals surface area contributed by atoms with E-state index in [1.807, 2.05) is 30.0 Å². The molecule has 0 unspecified atom stereocenters. The summed E-state index contributed by atoms with van der Waals surface area (Å²) in [6.45, 7) is 3.10. The molecule has 1 amide bonds. The van der Waals surface area contributed by atoms with Gasteiger partial charge in [0.15, 0.2) is 5.82 Å².